The molecule has 1 aliphatic heterocycles. The zero-order valence-electron chi connectivity index (χ0n) is 35.1. The standard InChI is InChI=1S/C60H38N4O/c1-3-15-39(16-4-1)40-29-31-42(32-30-40)58-49-23-9-10-26-51(49)61-60(62-58)44-18-13-21-46(37-44)64-53-35-33-41-17-7-8-22-47(41)57(53)50-25-14-24-48(59(50)64)43-34-36-56-54(38-43)63(45-19-5-2-6-20-45)52-27-11-12-28-55(52)65-56/h1-38H. The van der Waals surface area contributed by atoms with Crippen LogP contribution in [0.2, 0.25) is 0 Å². The van der Waals surface area contributed by atoms with Crippen LogP contribution in [0, 0.1) is 0 Å². The molecule has 12 aromatic rings. The molecule has 0 amide bonds. The fourth-order valence-electron chi connectivity index (χ4n) is 9.78. The van der Waals surface area contributed by atoms with Crippen molar-refractivity contribution in [1.29, 1.82) is 0 Å². The predicted molar refractivity (Wildman–Crippen MR) is 268 cm³/mol. The van der Waals surface area contributed by atoms with Gasteiger partial charge in [0, 0.05) is 44.2 Å². The Balaban J connectivity index is 1.01. The van der Waals surface area contributed by atoms with Gasteiger partial charge >= 0.3 is 0 Å². The third kappa shape index (κ3) is 6.09. The van der Waals surface area contributed by atoms with Crippen LogP contribution in [-0.4, -0.2) is 14.5 Å². The van der Waals surface area contributed by atoms with Crippen LogP contribution in [0.4, 0.5) is 17.1 Å². The zero-order chi connectivity index (χ0) is 42.8. The number of rotatable bonds is 6. The van der Waals surface area contributed by atoms with E-state index < -0.39 is 0 Å². The van der Waals surface area contributed by atoms with Crippen molar-refractivity contribution in [1.82, 2.24) is 14.5 Å². The van der Waals surface area contributed by atoms with Crippen LogP contribution in [0.5, 0.6) is 11.5 Å². The first-order chi connectivity index (χ1) is 32.2. The predicted octanol–water partition coefficient (Wildman–Crippen LogP) is 16.1. The molecule has 2 aromatic heterocycles. The van der Waals surface area contributed by atoms with Crippen molar-refractivity contribution in [3.63, 3.8) is 0 Å². The number of hydrogen-bond donors (Lipinski definition) is 0. The Morgan fingerprint density at radius 1 is 0.385 bits per heavy atom. The average molecular weight is 831 g/mol. The summed E-state index contributed by atoms with van der Waals surface area (Å²) >= 11 is 0. The van der Waals surface area contributed by atoms with E-state index in [1.165, 1.54) is 32.7 Å². The summed E-state index contributed by atoms with van der Waals surface area (Å²) in [6.45, 7) is 0. The molecule has 0 saturated heterocycles. The number of nitrogens with zero attached hydrogens (tertiary/aromatic N) is 4. The zero-order valence-corrected chi connectivity index (χ0v) is 35.1. The smallest absolute Gasteiger partial charge is 0.160 e. The fraction of sp³-hybridized carbons (Fsp3) is 0. The summed E-state index contributed by atoms with van der Waals surface area (Å²) in [6, 6.07) is 81.5. The summed E-state index contributed by atoms with van der Waals surface area (Å²) < 4.78 is 9.01. The molecular formula is C60H38N4O. The SMILES string of the molecule is c1ccc(-c2ccc(-c3nc(-c4cccc(-n5c6ccc7ccccc7c6c6cccc(-c7ccc8c(c7)N(c7ccccc7)c7ccccc7O8)c65)c4)nc4ccccc34)cc2)cc1. The monoisotopic (exact) mass is 830 g/mol. The lowest BCUT2D eigenvalue weighted by Gasteiger charge is -2.33. The molecule has 1 aliphatic rings. The lowest BCUT2D eigenvalue weighted by Crippen LogP contribution is -2.15. The Morgan fingerprint density at radius 3 is 1.91 bits per heavy atom. The molecule has 0 N–H and O–H groups in total. The third-order valence-electron chi connectivity index (χ3n) is 12.8. The molecule has 0 atom stereocenters. The van der Waals surface area contributed by atoms with Gasteiger partial charge in [-0.3, -0.25) is 0 Å². The normalized spacial score (nSPS) is 12.1. The quantitative estimate of drug-likeness (QED) is 0.167. The molecule has 3 heterocycles. The number of ether oxygens (including phenoxy) is 1. The van der Waals surface area contributed by atoms with E-state index in [0.717, 1.165) is 84.1 Å². The van der Waals surface area contributed by atoms with Gasteiger partial charge in [-0.15, -0.1) is 0 Å². The molecule has 5 heteroatoms. The van der Waals surface area contributed by atoms with E-state index in [0.29, 0.717) is 5.82 Å². The fourth-order valence-corrected chi connectivity index (χ4v) is 9.78. The van der Waals surface area contributed by atoms with Crippen LogP contribution in [0.15, 0.2) is 231 Å². The number of fused-ring (bicyclic) bond motifs is 8. The van der Waals surface area contributed by atoms with Gasteiger partial charge in [0.25, 0.3) is 0 Å². The highest BCUT2D eigenvalue weighted by Crippen LogP contribution is 2.52. The van der Waals surface area contributed by atoms with Crippen molar-refractivity contribution in [2.24, 2.45) is 0 Å². The minimum Gasteiger partial charge on any atom is -0.453 e. The van der Waals surface area contributed by atoms with Gasteiger partial charge in [0.15, 0.2) is 17.3 Å². The molecular weight excluding hydrogens is 793 g/mol. The molecule has 13 rings (SSSR count). The van der Waals surface area contributed by atoms with Gasteiger partial charge in [-0.2, -0.15) is 0 Å². The highest BCUT2D eigenvalue weighted by molar-refractivity contribution is 6.23. The lowest BCUT2D eigenvalue weighted by atomic mass is 9.98. The van der Waals surface area contributed by atoms with Gasteiger partial charge in [0.1, 0.15) is 0 Å². The van der Waals surface area contributed by atoms with Gasteiger partial charge in [-0.25, -0.2) is 9.97 Å². The highest BCUT2D eigenvalue weighted by Gasteiger charge is 2.27. The second-order valence-electron chi connectivity index (χ2n) is 16.5. The first-order valence-electron chi connectivity index (χ1n) is 22.0. The summed E-state index contributed by atoms with van der Waals surface area (Å²) in [5.41, 5.74) is 14.7. The maximum atomic E-state index is 6.58. The van der Waals surface area contributed by atoms with E-state index in [2.05, 4.69) is 216 Å². The van der Waals surface area contributed by atoms with Crippen LogP contribution in [0.3, 0.4) is 0 Å². The molecule has 0 spiro atoms. The molecule has 0 bridgehead atoms. The van der Waals surface area contributed by atoms with Crippen molar-refractivity contribution >= 4 is 60.5 Å². The molecule has 5 nitrogen and oxygen atoms in total. The van der Waals surface area contributed by atoms with Crippen molar-refractivity contribution in [3.8, 4) is 62.1 Å². The number of hydrogen-bond acceptors (Lipinski definition) is 4. The molecule has 10 aromatic carbocycles. The van der Waals surface area contributed by atoms with E-state index in [1.54, 1.807) is 0 Å². The summed E-state index contributed by atoms with van der Waals surface area (Å²) in [4.78, 5) is 12.9. The number of aromatic nitrogens is 3. The van der Waals surface area contributed by atoms with Crippen molar-refractivity contribution in [2.45, 2.75) is 0 Å². The van der Waals surface area contributed by atoms with E-state index in [9.17, 15) is 0 Å². The molecule has 0 unspecified atom stereocenters. The summed E-state index contributed by atoms with van der Waals surface area (Å²) in [5, 5.41) is 5.84. The van der Waals surface area contributed by atoms with E-state index in [1.807, 2.05) is 24.3 Å². The Hall–Kier alpha value is -8.80. The molecule has 65 heavy (non-hydrogen) atoms. The van der Waals surface area contributed by atoms with Crippen LogP contribution >= 0.6 is 0 Å². The average Bonchev–Trinajstić information content (AvgIpc) is 3.73. The Kier molecular flexibility index (Phi) is 8.46. The molecule has 0 fully saturated rings. The lowest BCUT2D eigenvalue weighted by molar-refractivity contribution is 0.477. The Labute approximate surface area is 375 Å². The first kappa shape index (κ1) is 36.8. The van der Waals surface area contributed by atoms with Crippen molar-refractivity contribution in [3.05, 3.63) is 231 Å². The van der Waals surface area contributed by atoms with Gasteiger partial charge in [-0.1, -0.05) is 170 Å². The maximum Gasteiger partial charge on any atom is 0.160 e. The second-order valence-corrected chi connectivity index (χ2v) is 16.5. The van der Waals surface area contributed by atoms with Crippen molar-refractivity contribution < 1.29 is 4.74 Å². The number of para-hydroxylation sites is 5. The van der Waals surface area contributed by atoms with E-state index in [4.69, 9.17) is 14.7 Å². The highest BCUT2D eigenvalue weighted by atomic mass is 16.5. The van der Waals surface area contributed by atoms with Gasteiger partial charge in [-0.05, 0) is 88.1 Å². The molecule has 0 saturated carbocycles. The second kappa shape index (κ2) is 14.9. The summed E-state index contributed by atoms with van der Waals surface area (Å²) in [7, 11) is 0. The maximum absolute atomic E-state index is 6.58. The minimum atomic E-state index is 0.676. The van der Waals surface area contributed by atoms with Crippen LogP contribution in [0.25, 0.3) is 94.1 Å². The first-order valence-corrected chi connectivity index (χ1v) is 22.0. The van der Waals surface area contributed by atoms with E-state index in [-0.39, 0.29) is 0 Å². The minimum absolute atomic E-state index is 0.676. The van der Waals surface area contributed by atoms with Crippen LogP contribution < -0.4 is 9.64 Å². The summed E-state index contributed by atoms with van der Waals surface area (Å²) in [5.74, 6) is 2.31. The number of benzene rings is 10. The molecule has 304 valence electrons. The topological polar surface area (TPSA) is 43.2 Å². The molecule has 0 radical (unpaired) electrons. The van der Waals surface area contributed by atoms with Crippen LogP contribution in [-0.2, 0) is 0 Å². The summed E-state index contributed by atoms with van der Waals surface area (Å²) in [6.07, 6.45) is 0. The third-order valence-corrected chi connectivity index (χ3v) is 12.8. The van der Waals surface area contributed by atoms with Crippen molar-refractivity contribution in [2.75, 3.05) is 4.90 Å². The largest absolute Gasteiger partial charge is 0.453 e. The van der Waals surface area contributed by atoms with Gasteiger partial charge in [0.05, 0.1) is 33.6 Å². The Bertz CT molecular complexity index is 3800. The molecule has 0 aliphatic carbocycles. The Morgan fingerprint density at radius 2 is 1.03 bits per heavy atom. The number of anilines is 3. The van der Waals surface area contributed by atoms with Gasteiger partial charge < -0.3 is 14.2 Å². The van der Waals surface area contributed by atoms with Gasteiger partial charge in [0.2, 0.25) is 0 Å². The van der Waals surface area contributed by atoms with E-state index >= 15 is 0 Å². The van der Waals surface area contributed by atoms with Crippen LogP contribution in [0.1, 0.15) is 0 Å².